The Hall–Kier alpha value is -0.840. The lowest BCUT2D eigenvalue weighted by atomic mass is 10.2. The lowest BCUT2D eigenvalue weighted by molar-refractivity contribution is 0.127. The minimum Gasteiger partial charge on any atom is -0.468 e. The van der Waals surface area contributed by atoms with Crippen LogP contribution in [0.25, 0.3) is 0 Å². The van der Waals surface area contributed by atoms with Crippen molar-refractivity contribution in [2.45, 2.75) is 33.4 Å². The van der Waals surface area contributed by atoms with E-state index in [1.807, 2.05) is 6.26 Å². The van der Waals surface area contributed by atoms with Gasteiger partial charge in [0, 0.05) is 38.3 Å². The van der Waals surface area contributed by atoms with Gasteiger partial charge in [-0.15, -0.1) is 0 Å². The van der Waals surface area contributed by atoms with Crippen LogP contribution in [0.1, 0.15) is 31.6 Å². The highest BCUT2D eigenvalue weighted by atomic mass is 16.3. The fourth-order valence-corrected chi connectivity index (χ4v) is 2.63. The summed E-state index contributed by atoms with van der Waals surface area (Å²) >= 11 is 0. The summed E-state index contributed by atoms with van der Waals surface area (Å²) < 4.78 is 5.57. The Bertz CT molecular complexity index is 356. The van der Waals surface area contributed by atoms with Crippen LogP contribution in [0.4, 0.5) is 0 Å². The van der Waals surface area contributed by atoms with Crippen LogP contribution in [0.3, 0.4) is 0 Å². The summed E-state index contributed by atoms with van der Waals surface area (Å²) in [5, 5.41) is 3.33. The van der Waals surface area contributed by atoms with Gasteiger partial charge in [-0.3, -0.25) is 4.90 Å². The van der Waals surface area contributed by atoms with Gasteiger partial charge in [0.25, 0.3) is 0 Å². The number of hydrogen-bond donors (Lipinski definition) is 1. The van der Waals surface area contributed by atoms with Crippen molar-refractivity contribution in [2.75, 3.05) is 39.3 Å². The molecular formula is C15H27N3O. The Kier molecular flexibility index (Phi) is 5.89. The molecular weight excluding hydrogens is 238 g/mol. The van der Waals surface area contributed by atoms with E-state index in [0.29, 0.717) is 0 Å². The van der Waals surface area contributed by atoms with E-state index in [1.165, 1.54) is 44.7 Å². The molecule has 0 amide bonds. The molecule has 0 aliphatic carbocycles. The summed E-state index contributed by atoms with van der Waals surface area (Å²) in [4.78, 5) is 5.10. The van der Waals surface area contributed by atoms with Gasteiger partial charge in [-0.25, -0.2) is 0 Å². The Morgan fingerprint density at radius 3 is 2.58 bits per heavy atom. The lowest BCUT2D eigenvalue weighted by Gasteiger charge is -2.34. The van der Waals surface area contributed by atoms with Gasteiger partial charge in [0.2, 0.25) is 0 Å². The number of rotatable bonds is 7. The minimum absolute atomic E-state index is 0.842. The Morgan fingerprint density at radius 1 is 1.16 bits per heavy atom. The monoisotopic (exact) mass is 265 g/mol. The van der Waals surface area contributed by atoms with E-state index in [4.69, 9.17) is 4.42 Å². The van der Waals surface area contributed by atoms with Crippen molar-refractivity contribution in [1.29, 1.82) is 0 Å². The molecule has 1 fully saturated rings. The second-order valence-electron chi connectivity index (χ2n) is 5.27. The number of nitrogens with zero attached hydrogens (tertiary/aromatic N) is 2. The van der Waals surface area contributed by atoms with E-state index in [2.05, 4.69) is 35.0 Å². The molecule has 0 atom stereocenters. The molecule has 0 bridgehead atoms. The summed E-state index contributed by atoms with van der Waals surface area (Å²) in [5.41, 5.74) is 1.34. The number of piperazine rings is 1. The quantitative estimate of drug-likeness (QED) is 0.816. The van der Waals surface area contributed by atoms with Crippen LogP contribution in [0.2, 0.25) is 0 Å². The van der Waals surface area contributed by atoms with Gasteiger partial charge < -0.3 is 14.6 Å². The van der Waals surface area contributed by atoms with E-state index in [0.717, 1.165) is 25.4 Å². The summed E-state index contributed by atoms with van der Waals surface area (Å²) in [6, 6.07) is 2.12. The van der Waals surface area contributed by atoms with E-state index < -0.39 is 0 Å². The zero-order chi connectivity index (χ0) is 13.5. The molecule has 0 aromatic carbocycles. The zero-order valence-corrected chi connectivity index (χ0v) is 12.3. The van der Waals surface area contributed by atoms with Gasteiger partial charge in [-0.05, 0) is 25.6 Å². The van der Waals surface area contributed by atoms with Gasteiger partial charge in [0.05, 0.1) is 12.8 Å². The van der Waals surface area contributed by atoms with Crippen molar-refractivity contribution in [3.63, 3.8) is 0 Å². The molecule has 0 unspecified atom stereocenters. The molecule has 0 saturated carbocycles. The van der Waals surface area contributed by atoms with Crippen molar-refractivity contribution in [1.82, 2.24) is 15.1 Å². The zero-order valence-electron chi connectivity index (χ0n) is 12.3. The average Bonchev–Trinajstić information content (AvgIpc) is 2.86. The third-order valence-electron chi connectivity index (χ3n) is 3.77. The highest BCUT2D eigenvalue weighted by molar-refractivity contribution is 5.17. The third-order valence-corrected chi connectivity index (χ3v) is 3.77. The molecule has 0 radical (unpaired) electrons. The fraction of sp³-hybridized carbons (Fsp3) is 0.733. The van der Waals surface area contributed by atoms with Crippen molar-refractivity contribution in [3.8, 4) is 0 Å². The van der Waals surface area contributed by atoms with Crippen LogP contribution in [-0.2, 0) is 13.1 Å². The Balaban J connectivity index is 1.80. The van der Waals surface area contributed by atoms with Crippen molar-refractivity contribution >= 4 is 0 Å². The second kappa shape index (κ2) is 7.68. The van der Waals surface area contributed by atoms with E-state index in [9.17, 15) is 0 Å². The van der Waals surface area contributed by atoms with E-state index >= 15 is 0 Å². The maximum absolute atomic E-state index is 5.57. The highest BCUT2D eigenvalue weighted by Crippen LogP contribution is 2.14. The topological polar surface area (TPSA) is 31.6 Å². The van der Waals surface area contributed by atoms with Crippen LogP contribution in [0, 0.1) is 0 Å². The highest BCUT2D eigenvalue weighted by Gasteiger charge is 2.17. The molecule has 4 heteroatoms. The smallest absolute Gasteiger partial charge is 0.122 e. The van der Waals surface area contributed by atoms with Crippen LogP contribution < -0.4 is 5.32 Å². The van der Waals surface area contributed by atoms with E-state index in [-0.39, 0.29) is 0 Å². The predicted molar refractivity (Wildman–Crippen MR) is 78.1 cm³/mol. The van der Waals surface area contributed by atoms with Gasteiger partial charge in [-0.1, -0.05) is 13.8 Å². The van der Waals surface area contributed by atoms with Gasteiger partial charge in [0.15, 0.2) is 0 Å². The molecule has 19 heavy (non-hydrogen) atoms. The first-order valence-corrected chi connectivity index (χ1v) is 7.54. The summed E-state index contributed by atoms with van der Waals surface area (Å²) in [6.07, 6.45) is 3.07. The molecule has 1 aromatic rings. The molecule has 2 heterocycles. The SMILES string of the molecule is CCCN1CCN(Cc2ccoc2CNCC)CC1. The number of nitrogens with one attached hydrogen (secondary N) is 1. The standard InChI is InChI=1S/C15H27N3O/c1-3-6-17-7-9-18(10-8-17)13-14-5-11-19-15(14)12-16-4-2/h5,11,16H,3-4,6-10,12-13H2,1-2H3. The third kappa shape index (κ3) is 4.34. The summed E-state index contributed by atoms with van der Waals surface area (Å²) in [7, 11) is 0. The summed E-state index contributed by atoms with van der Waals surface area (Å²) in [6.45, 7) is 13.2. The molecule has 1 aliphatic rings. The van der Waals surface area contributed by atoms with Gasteiger partial charge in [-0.2, -0.15) is 0 Å². The molecule has 1 aromatic heterocycles. The van der Waals surface area contributed by atoms with Gasteiger partial charge in [0.1, 0.15) is 5.76 Å². The van der Waals surface area contributed by atoms with Crippen LogP contribution >= 0.6 is 0 Å². The maximum Gasteiger partial charge on any atom is 0.122 e. The van der Waals surface area contributed by atoms with Gasteiger partial charge >= 0.3 is 0 Å². The first-order chi connectivity index (χ1) is 9.33. The largest absolute Gasteiger partial charge is 0.468 e. The molecule has 4 nitrogen and oxygen atoms in total. The minimum atomic E-state index is 0.842. The predicted octanol–water partition coefficient (Wildman–Crippen LogP) is 1.92. The second-order valence-corrected chi connectivity index (χ2v) is 5.27. The molecule has 0 spiro atoms. The van der Waals surface area contributed by atoms with E-state index in [1.54, 1.807) is 0 Å². The Morgan fingerprint density at radius 2 is 1.89 bits per heavy atom. The van der Waals surface area contributed by atoms with Crippen molar-refractivity contribution < 1.29 is 4.42 Å². The average molecular weight is 265 g/mol. The first kappa shape index (κ1) is 14.6. The summed E-state index contributed by atoms with van der Waals surface area (Å²) in [5.74, 6) is 1.10. The lowest BCUT2D eigenvalue weighted by Crippen LogP contribution is -2.46. The molecule has 1 aliphatic heterocycles. The van der Waals surface area contributed by atoms with Crippen molar-refractivity contribution in [2.24, 2.45) is 0 Å². The first-order valence-electron chi connectivity index (χ1n) is 7.54. The molecule has 1 N–H and O–H groups in total. The van der Waals surface area contributed by atoms with Crippen molar-refractivity contribution in [3.05, 3.63) is 23.7 Å². The number of furan rings is 1. The normalized spacial score (nSPS) is 18.0. The maximum atomic E-state index is 5.57. The number of hydrogen-bond acceptors (Lipinski definition) is 4. The van der Waals surface area contributed by atoms with Crippen LogP contribution in [-0.4, -0.2) is 49.1 Å². The molecule has 2 rings (SSSR count). The molecule has 108 valence electrons. The Labute approximate surface area is 116 Å². The molecule has 1 saturated heterocycles. The van der Waals surface area contributed by atoms with Crippen LogP contribution in [0.5, 0.6) is 0 Å². The van der Waals surface area contributed by atoms with Crippen LogP contribution in [0.15, 0.2) is 16.7 Å². The fourth-order valence-electron chi connectivity index (χ4n) is 2.63.